The first-order chi connectivity index (χ1) is 12.4. The minimum absolute atomic E-state index is 0.282. The number of hydrogen-bond acceptors (Lipinski definition) is 2. The van der Waals surface area contributed by atoms with Crippen molar-refractivity contribution >= 4 is 11.9 Å². The highest BCUT2D eigenvalue weighted by Crippen LogP contribution is 2.31. The highest BCUT2D eigenvalue weighted by molar-refractivity contribution is 6.02. The van der Waals surface area contributed by atoms with E-state index in [2.05, 4.69) is 11.9 Å². The van der Waals surface area contributed by atoms with E-state index < -0.39 is 17.4 Å². The summed E-state index contributed by atoms with van der Waals surface area (Å²) in [4.78, 5) is 25.0. The molecule has 0 spiro atoms. The van der Waals surface area contributed by atoms with Crippen molar-refractivity contribution in [2.45, 2.75) is 39.2 Å². The van der Waals surface area contributed by atoms with Crippen LogP contribution in [0.5, 0.6) is 0 Å². The van der Waals surface area contributed by atoms with Gasteiger partial charge in [-0.15, -0.1) is 0 Å². The van der Waals surface area contributed by atoms with Crippen LogP contribution >= 0.6 is 0 Å². The van der Waals surface area contributed by atoms with E-state index in [4.69, 9.17) is 0 Å². The molecule has 0 bridgehead atoms. The van der Waals surface area contributed by atoms with Crippen LogP contribution < -0.4 is 5.32 Å². The van der Waals surface area contributed by atoms with Crippen molar-refractivity contribution in [2.24, 2.45) is 0 Å². The molecule has 0 aliphatic heterocycles. The fourth-order valence-corrected chi connectivity index (χ4v) is 3.31. The van der Waals surface area contributed by atoms with Crippen molar-refractivity contribution in [1.82, 2.24) is 5.32 Å². The third-order valence-electron chi connectivity index (χ3n) is 4.75. The smallest absolute Gasteiger partial charge is 0.330 e. The molecule has 1 aliphatic rings. The Morgan fingerprint density at radius 3 is 2.19 bits per heavy atom. The first kappa shape index (κ1) is 19.4. The Hall–Kier alpha value is -2.88. The van der Waals surface area contributed by atoms with Gasteiger partial charge in [-0.25, -0.2) is 4.79 Å². The lowest BCUT2D eigenvalue weighted by molar-refractivity contribution is -0.146. The van der Waals surface area contributed by atoms with E-state index in [1.165, 1.54) is 0 Å². The summed E-state index contributed by atoms with van der Waals surface area (Å²) in [6.07, 6.45) is 7.63. The minimum Gasteiger partial charge on any atom is -0.479 e. The molecule has 2 N–H and O–H groups in total. The predicted molar refractivity (Wildman–Crippen MR) is 104 cm³/mol. The van der Waals surface area contributed by atoms with Crippen LogP contribution in [0.4, 0.5) is 0 Å². The summed E-state index contributed by atoms with van der Waals surface area (Å²) in [5.74, 6) is -1.41. The van der Waals surface area contributed by atoms with Crippen molar-refractivity contribution in [3.8, 4) is 0 Å². The van der Waals surface area contributed by atoms with Gasteiger partial charge in [0.15, 0.2) is 0 Å². The summed E-state index contributed by atoms with van der Waals surface area (Å²) in [6.45, 7) is 9.28. The van der Waals surface area contributed by atoms with Crippen LogP contribution in [0.3, 0.4) is 0 Å². The number of benzene rings is 1. The number of carbonyl (C=O) groups excluding carboxylic acids is 1. The SMILES string of the molecule is C=C/C(C)=C(/C=C\C)C(=C/C)\C(=O)NC1(C(=O)O)Cc2ccccc2C1. The van der Waals surface area contributed by atoms with Gasteiger partial charge in [0.25, 0.3) is 5.91 Å². The Kier molecular flexibility index (Phi) is 5.98. The number of carbonyl (C=O) groups is 2. The minimum atomic E-state index is -1.32. The number of amides is 1. The normalized spacial score (nSPS) is 16.8. The molecule has 4 nitrogen and oxygen atoms in total. The maximum atomic E-state index is 13.0. The number of nitrogens with one attached hydrogen (secondary N) is 1. The molecule has 0 unspecified atom stereocenters. The summed E-state index contributed by atoms with van der Waals surface area (Å²) in [6, 6.07) is 7.60. The molecule has 2 rings (SSSR count). The van der Waals surface area contributed by atoms with Crippen LogP contribution in [0.15, 0.2) is 71.9 Å². The zero-order valence-corrected chi connectivity index (χ0v) is 15.5. The van der Waals surface area contributed by atoms with E-state index >= 15 is 0 Å². The Bertz CT molecular complexity index is 803. The Labute approximate surface area is 154 Å². The van der Waals surface area contributed by atoms with Crippen molar-refractivity contribution in [3.63, 3.8) is 0 Å². The van der Waals surface area contributed by atoms with Crippen molar-refractivity contribution in [3.05, 3.63) is 83.0 Å². The molecule has 0 atom stereocenters. The van der Waals surface area contributed by atoms with Gasteiger partial charge in [-0.2, -0.15) is 0 Å². The molecule has 1 aliphatic carbocycles. The third kappa shape index (κ3) is 3.69. The molecule has 0 radical (unpaired) electrons. The summed E-state index contributed by atoms with van der Waals surface area (Å²) in [5.41, 5.74) is 2.63. The molecule has 4 heteroatoms. The van der Waals surface area contributed by atoms with Gasteiger partial charge >= 0.3 is 5.97 Å². The van der Waals surface area contributed by atoms with Gasteiger partial charge in [0.1, 0.15) is 5.54 Å². The van der Waals surface area contributed by atoms with Crippen molar-refractivity contribution in [2.75, 3.05) is 0 Å². The van der Waals surface area contributed by atoms with E-state index in [1.54, 1.807) is 19.1 Å². The molecule has 1 aromatic carbocycles. The van der Waals surface area contributed by atoms with Crippen molar-refractivity contribution < 1.29 is 14.7 Å². The van der Waals surface area contributed by atoms with Crippen LogP contribution in [0.2, 0.25) is 0 Å². The quantitative estimate of drug-likeness (QED) is 0.606. The number of fused-ring (bicyclic) bond motifs is 1. The van der Waals surface area contributed by atoms with Gasteiger partial charge < -0.3 is 10.4 Å². The van der Waals surface area contributed by atoms with Crippen LogP contribution in [0.25, 0.3) is 0 Å². The molecule has 0 heterocycles. The topological polar surface area (TPSA) is 66.4 Å². The third-order valence-corrected chi connectivity index (χ3v) is 4.75. The lowest BCUT2D eigenvalue weighted by Gasteiger charge is -2.26. The number of carboxylic acid groups (broad SMARTS) is 1. The number of aliphatic carboxylic acids is 1. The predicted octanol–water partition coefficient (Wildman–Crippen LogP) is 3.75. The summed E-state index contributed by atoms with van der Waals surface area (Å²) >= 11 is 0. The van der Waals surface area contributed by atoms with E-state index in [0.717, 1.165) is 22.3 Å². The van der Waals surface area contributed by atoms with Crippen LogP contribution in [0.1, 0.15) is 31.9 Å². The highest BCUT2D eigenvalue weighted by atomic mass is 16.4. The number of hydrogen-bond donors (Lipinski definition) is 2. The molecule has 136 valence electrons. The Balaban J connectivity index is 2.37. The van der Waals surface area contributed by atoms with Gasteiger partial charge in [-0.1, -0.05) is 55.1 Å². The lowest BCUT2D eigenvalue weighted by Crippen LogP contribution is -2.55. The Morgan fingerprint density at radius 1 is 1.19 bits per heavy atom. The molecule has 0 saturated heterocycles. The van der Waals surface area contributed by atoms with E-state index in [1.807, 2.05) is 50.3 Å². The standard InChI is InChI=1S/C22H25NO3/c1-5-10-19(15(4)6-2)18(7-3)20(24)23-22(21(25)26)13-16-11-8-9-12-17(16)14-22/h5-12H,2,13-14H2,1,3-4H3,(H,23,24)(H,25,26)/b10-5-,18-7+,19-15-. The highest BCUT2D eigenvalue weighted by Gasteiger charge is 2.45. The van der Waals surface area contributed by atoms with Crippen LogP contribution in [0, 0.1) is 0 Å². The molecule has 1 aromatic rings. The number of rotatable bonds is 6. The van der Waals surface area contributed by atoms with Crippen LogP contribution in [-0.2, 0) is 22.4 Å². The second-order valence-corrected chi connectivity index (χ2v) is 6.47. The van der Waals surface area contributed by atoms with Crippen LogP contribution in [-0.4, -0.2) is 22.5 Å². The first-order valence-corrected chi connectivity index (χ1v) is 8.64. The molecular weight excluding hydrogens is 326 g/mol. The van der Waals surface area contributed by atoms with Gasteiger partial charge in [-0.3, -0.25) is 4.79 Å². The second-order valence-electron chi connectivity index (χ2n) is 6.47. The molecule has 1 amide bonds. The zero-order chi connectivity index (χ0) is 19.3. The second kappa shape index (κ2) is 8.00. The maximum absolute atomic E-state index is 13.0. The molecule has 26 heavy (non-hydrogen) atoms. The average molecular weight is 351 g/mol. The number of allylic oxidation sites excluding steroid dienone is 5. The summed E-state index contributed by atoms with van der Waals surface area (Å²) in [5, 5.41) is 12.7. The fraction of sp³-hybridized carbons (Fsp3) is 0.273. The lowest BCUT2D eigenvalue weighted by atomic mass is 9.93. The molecule has 0 saturated carbocycles. The molecule has 0 fully saturated rings. The van der Waals surface area contributed by atoms with Crippen molar-refractivity contribution in [1.29, 1.82) is 0 Å². The first-order valence-electron chi connectivity index (χ1n) is 8.64. The summed E-state index contributed by atoms with van der Waals surface area (Å²) < 4.78 is 0. The van der Waals surface area contributed by atoms with Gasteiger partial charge in [-0.05, 0) is 43.0 Å². The van der Waals surface area contributed by atoms with E-state index in [0.29, 0.717) is 5.57 Å². The monoisotopic (exact) mass is 351 g/mol. The van der Waals surface area contributed by atoms with Gasteiger partial charge in [0.2, 0.25) is 0 Å². The Morgan fingerprint density at radius 2 is 1.77 bits per heavy atom. The molecule has 0 aromatic heterocycles. The zero-order valence-electron chi connectivity index (χ0n) is 15.5. The van der Waals surface area contributed by atoms with E-state index in [-0.39, 0.29) is 12.8 Å². The fourth-order valence-electron chi connectivity index (χ4n) is 3.31. The summed E-state index contributed by atoms with van der Waals surface area (Å²) in [7, 11) is 0. The van der Waals surface area contributed by atoms with E-state index in [9.17, 15) is 14.7 Å². The molecular formula is C22H25NO3. The maximum Gasteiger partial charge on any atom is 0.330 e. The van der Waals surface area contributed by atoms with Gasteiger partial charge in [0.05, 0.1) is 0 Å². The van der Waals surface area contributed by atoms with Gasteiger partial charge in [0, 0.05) is 18.4 Å². The average Bonchev–Trinajstić information content (AvgIpc) is 3.00. The largest absolute Gasteiger partial charge is 0.479 e. The number of carboxylic acids is 1.